The molecule has 12 heavy (non-hydrogen) atoms. The average Bonchev–Trinajstić information content (AvgIpc) is 1.92. The Morgan fingerprint density at radius 1 is 1.42 bits per heavy atom. The van der Waals surface area contributed by atoms with E-state index in [0.29, 0.717) is 5.41 Å². The smallest absolute Gasteiger partial charge is 0.0174 e. The third kappa shape index (κ3) is 2.02. The summed E-state index contributed by atoms with van der Waals surface area (Å²) >= 11 is 0. The molecule has 1 aliphatic heterocycles. The lowest BCUT2D eigenvalue weighted by atomic mass is 9.74. The molecule has 0 aromatic rings. The van der Waals surface area contributed by atoms with Gasteiger partial charge in [-0.3, -0.25) is 0 Å². The van der Waals surface area contributed by atoms with Gasteiger partial charge in [0.1, 0.15) is 0 Å². The first kappa shape index (κ1) is 9.63. The molecule has 70 valence electrons. The van der Waals surface area contributed by atoms with Crippen LogP contribution in [0.15, 0.2) is 12.3 Å². The van der Waals surface area contributed by atoms with E-state index in [1.54, 1.807) is 0 Å². The van der Waals surface area contributed by atoms with Crippen LogP contribution in [0.1, 0.15) is 33.6 Å². The SMILES string of the molecule is C=C1CC(C(C)(C)C)CCN1C. The third-order valence-corrected chi connectivity index (χ3v) is 3.06. The molecular weight excluding hydrogens is 146 g/mol. The first-order valence-electron chi connectivity index (χ1n) is 4.80. The number of allylic oxidation sites excluding steroid dienone is 1. The Morgan fingerprint density at radius 3 is 2.42 bits per heavy atom. The Labute approximate surface area is 76.5 Å². The first-order chi connectivity index (χ1) is 5.41. The minimum absolute atomic E-state index is 0.449. The van der Waals surface area contributed by atoms with Crippen molar-refractivity contribution in [2.24, 2.45) is 11.3 Å². The summed E-state index contributed by atoms with van der Waals surface area (Å²) in [6.07, 6.45) is 2.50. The van der Waals surface area contributed by atoms with E-state index in [0.717, 1.165) is 5.92 Å². The molecule has 0 aliphatic carbocycles. The lowest BCUT2D eigenvalue weighted by Gasteiger charge is -2.39. The summed E-state index contributed by atoms with van der Waals surface area (Å²) in [5, 5.41) is 0. The molecule has 1 aliphatic rings. The highest BCUT2D eigenvalue weighted by Crippen LogP contribution is 2.36. The number of piperidine rings is 1. The number of hydrogen-bond donors (Lipinski definition) is 0. The van der Waals surface area contributed by atoms with E-state index in [2.05, 4.69) is 39.3 Å². The fourth-order valence-electron chi connectivity index (χ4n) is 1.79. The van der Waals surface area contributed by atoms with Crippen LogP contribution in [0, 0.1) is 11.3 Å². The van der Waals surface area contributed by atoms with Crippen molar-refractivity contribution in [1.29, 1.82) is 0 Å². The van der Waals surface area contributed by atoms with Crippen LogP contribution in [0.3, 0.4) is 0 Å². The fraction of sp³-hybridized carbons (Fsp3) is 0.818. The molecule has 0 saturated carbocycles. The lowest BCUT2D eigenvalue weighted by Crippen LogP contribution is -2.33. The van der Waals surface area contributed by atoms with Gasteiger partial charge in [-0.15, -0.1) is 0 Å². The monoisotopic (exact) mass is 167 g/mol. The van der Waals surface area contributed by atoms with Gasteiger partial charge >= 0.3 is 0 Å². The normalized spacial score (nSPS) is 26.2. The van der Waals surface area contributed by atoms with Gasteiger partial charge in [-0.2, -0.15) is 0 Å². The van der Waals surface area contributed by atoms with E-state index in [4.69, 9.17) is 0 Å². The van der Waals surface area contributed by atoms with Gasteiger partial charge in [0.15, 0.2) is 0 Å². The van der Waals surface area contributed by atoms with E-state index in [1.165, 1.54) is 25.1 Å². The second-order valence-electron chi connectivity index (χ2n) is 5.04. The molecule has 0 bridgehead atoms. The zero-order valence-electron chi connectivity index (χ0n) is 8.85. The summed E-state index contributed by atoms with van der Waals surface area (Å²) in [4.78, 5) is 2.28. The highest BCUT2D eigenvalue weighted by Gasteiger charge is 2.28. The van der Waals surface area contributed by atoms with Crippen LogP contribution in [0.2, 0.25) is 0 Å². The standard InChI is InChI=1S/C11H21N/c1-9-8-10(11(2,3)4)6-7-12(9)5/h10H,1,6-8H2,2-5H3. The molecule has 1 atom stereocenters. The van der Waals surface area contributed by atoms with Crippen molar-refractivity contribution in [2.45, 2.75) is 33.6 Å². The molecule has 1 heterocycles. The van der Waals surface area contributed by atoms with Gasteiger partial charge in [-0.1, -0.05) is 27.4 Å². The molecule has 1 unspecified atom stereocenters. The predicted octanol–water partition coefficient (Wildman–Crippen LogP) is 2.89. The Hall–Kier alpha value is -0.460. The molecule has 1 heteroatoms. The van der Waals surface area contributed by atoms with Gasteiger partial charge in [-0.25, -0.2) is 0 Å². The van der Waals surface area contributed by atoms with E-state index >= 15 is 0 Å². The van der Waals surface area contributed by atoms with Gasteiger partial charge < -0.3 is 4.90 Å². The Balaban J connectivity index is 2.57. The first-order valence-corrected chi connectivity index (χ1v) is 4.80. The van der Waals surface area contributed by atoms with Crippen LogP contribution in [0.25, 0.3) is 0 Å². The third-order valence-electron chi connectivity index (χ3n) is 3.06. The minimum atomic E-state index is 0.449. The maximum atomic E-state index is 4.08. The molecule has 0 amide bonds. The summed E-state index contributed by atoms with van der Waals surface area (Å²) in [6, 6.07) is 0. The van der Waals surface area contributed by atoms with Crippen LogP contribution in [-0.4, -0.2) is 18.5 Å². The maximum Gasteiger partial charge on any atom is 0.0174 e. The van der Waals surface area contributed by atoms with Gasteiger partial charge in [0.2, 0.25) is 0 Å². The average molecular weight is 167 g/mol. The molecule has 0 aromatic carbocycles. The molecule has 0 aromatic heterocycles. The van der Waals surface area contributed by atoms with Crippen molar-refractivity contribution < 1.29 is 0 Å². The van der Waals surface area contributed by atoms with Crippen LogP contribution in [0.5, 0.6) is 0 Å². The van der Waals surface area contributed by atoms with Gasteiger partial charge in [0.05, 0.1) is 0 Å². The van der Waals surface area contributed by atoms with E-state index in [9.17, 15) is 0 Å². The largest absolute Gasteiger partial charge is 0.378 e. The van der Waals surface area contributed by atoms with Crippen molar-refractivity contribution in [1.82, 2.24) is 4.90 Å². The molecule has 1 saturated heterocycles. The van der Waals surface area contributed by atoms with Crippen LogP contribution in [0.4, 0.5) is 0 Å². The number of nitrogens with zero attached hydrogens (tertiary/aromatic N) is 1. The molecule has 0 N–H and O–H groups in total. The minimum Gasteiger partial charge on any atom is -0.378 e. The molecule has 0 spiro atoms. The topological polar surface area (TPSA) is 3.24 Å². The summed E-state index contributed by atoms with van der Waals surface area (Å²) in [7, 11) is 2.14. The van der Waals surface area contributed by atoms with Crippen LogP contribution >= 0.6 is 0 Å². The Bertz CT molecular complexity index is 176. The Morgan fingerprint density at radius 2 is 2.00 bits per heavy atom. The number of rotatable bonds is 0. The van der Waals surface area contributed by atoms with E-state index < -0.39 is 0 Å². The van der Waals surface area contributed by atoms with Crippen molar-refractivity contribution in [3.8, 4) is 0 Å². The molecule has 0 radical (unpaired) electrons. The molecule has 1 nitrogen and oxygen atoms in total. The summed E-state index contributed by atoms with van der Waals surface area (Å²) < 4.78 is 0. The van der Waals surface area contributed by atoms with E-state index in [1.807, 2.05) is 0 Å². The second-order valence-corrected chi connectivity index (χ2v) is 5.04. The van der Waals surface area contributed by atoms with Gasteiger partial charge in [0.25, 0.3) is 0 Å². The van der Waals surface area contributed by atoms with Gasteiger partial charge in [-0.05, 0) is 24.2 Å². The predicted molar refractivity (Wildman–Crippen MR) is 53.9 cm³/mol. The van der Waals surface area contributed by atoms with Crippen LogP contribution in [-0.2, 0) is 0 Å². The van der Waals surface area contributed by atoms with Crippen molar-refractivity contribution in [2.75, 3.05) is 13.6 Å². The maximum absolute atomic E-state index is 4.08. The highest BCUT2D eigenvalue weighted by molar-refractivity contribution is 5.00. The lowest BCUT2D eigenvalue weighted by molar-refractivity contribution is 0.162. The van der Waals surface area contributed by atoms with Gasteiger partial charge in [0, 0.05) is 19.3 Å². The highest BCUT2D eigenvalue weighted by atomic mass is 15.1. The summed E-state index contributed by atoms with van der Waals surface area (Å²) in [6.45, 7) is 12.3. The Kier molecular flexibility index (Phi) is 2.50. The number of hydrogen-bond acceptors (Lipinski definition) is 1. The van der Waals surface area contributed by atoms with Crippen molar-refractivity contribution in [3.05, 3.63) is 12.3 Å². The number of likely N-dealkylation sites (tertiary alicyclic amines) is 1. The van der Waals surface area contributed by atoms with Crippen LogP contribution < -0.4 is 0 Å². The fourth-order valence-corrected chi connectivity index (χ4v) is 1.79. The van der Waals surface area contributed by atoms with Crippen molar-refractivity contribution in [3.63, 3.8) is 0 Å². The zero-order valence-corrected chi connectivity index (χ0v) is 8.85. The van der Waals surface area contributed by atoms with Crippen molar-refractivity contribution >= 4 is 0 Å². The second kappa shape index (κ2) is 3.12. The summed E-state index contributed by atoms with van der Waals surface area (Å²) in [5.41, 5.74) is 1.76. The zero-order chi connectivity index (χ0) is 9.35. The quantitative estimate of drug-likeness (QED) is 0.536. The molecule has 1 rings (SSSR count). The molecular formula is C11H21N. The molecule has 1 fully saturated rings. The summed E-state index contributed by atoms with van der Waals surface area (Å²) in [5.74, 6) is 0.821. The van der Waals surface area contributed by atoms with E-state index in [-0.39, 0.29) is 0 Å².